The van der Waals surface area contributed by atoms with Crippen LogP contribution in [0.2, 0.25) is 0 Å². The predicted octanol–water partition coefficient (Wildman–Crippen LogP) is 2.47. The van der Waals surface area contributed by atoms with E-state index in [4.69, 9.17) is 5.73 Å². The summed E-state index contributed by atoms with van der Waals surface area (Å²) >= 11 is 0. The zero-order valence-electron chi connectivity index (χ0n) is 10.9. The molecule has 0 saturated heterocycles. The Labute approximate surface area is 134 Å². The molecule has 2 rings (SSSR count). The van der Waals surface area contributed by atoms with Crippen molar-refractivity contribution in [1.29, 1.82) is 0 Å². The van der Waals surface area contributed by atoms with Crippen LogP contribution in [0.4, 0.5) is 17.5 Å². The molecule has 0 spiro atoms. The Hall–Kier alpha value is -1.07. The van der Waals surface area contributed by atoms with Crippen LogP contribution >= 0.6 is 0 Å². The van der Waals surface area contributed by atoms with E-state index >= 15 is 0 Å². The summed E-state index contributed by atoms with van der Waals surface area (Å²) in [6, 6.07) is 6.25. The number of rotatable bonds is 2. The van der Waals surface area contributed by atoms with Crippen LogP contribution in [0.25, 0.3) is 0 Å². The molecular weight excluding hydrogens is 303 g/mol. The number of hydrogen-bond acceptors (Lipinski definition) is 5. The minimum absolute atomic E-state index is 0. The summed E-state index contributed by atoms with van der Waals surface area (Å²) in [6.45, 7) is 4.00. The second-order valence-corrected chi connectivity index (χ2v) is 2.57. The molecule has 0 amide bonds. The number of nitrogens with zero attached hydrogens (tertiary/aromatic N) is 3. The third kappa shape index (κ3) is 6.03. The van der Waals surface area contributed by atoms with Crippen molar-refractivity contribution in [2.24, 2.45) is 0 Å². The number of anilines is 3. The third-order valence-electron chi connectivity index (χ3n) is 1.59. The summed E-state index contributed by atoms with van der Waals surface area (Å²) in [6.07, 6.45) is 4.80. The van der Waals surface area contributed by atoms with E-state index in [2.05, 4.69) is 26.3 Å². The number of hydrogen-bond donors (Lipinski definition) is 2. The summed E-state index contributed by atoms with van der Waals surface area (Å²) in [5.41, 5.74) is 6.27. The topological polar surface area (TPSA) is 76.7 Å². The zero-order chi connectivity index (χ0) is 11.8. The van der Waals surface area contributed by atoms with Crippen molar-refractivity contribution in [3.8, 4) is 0 Å². The van der Waals surface area contributed by atoms with Crippen molar-refractivity contribution in [2.75, 3.05) is 11.1 Å². The summed E-state index contributed by atoms with van der Waals surface area (Å²) in [4.78, 5) is 11.9. The molecule has 0 fully saturated rings. The van der Waals surface area contributed by atoms with E-state index in [-0.39, 0.29) is 40.1 Å². The summed E-state index contributed by atoms with van der Waals surface area (Å²) in [5.74, 6) is 0.886. The van der Waals surface area contributed by atoms with Crippen LogP contribution in [0.15, 0.2) is 30.7 Å². The Morgan fingerprint density at radius 1 is 1.17 bits per heavy atom. The smallest absolute Gasteiger partial charge is 0.210 e. The third-order valence-corrected chi connectivity index (χ3v) is 1.59. The second kappa shape index (κ2) is 11.0. The van der Waals surface area contributed by atoms with Crippen molar-refractivity contribution < 1.29 is 32.7 Å². The van der Waals surface area contributed by atoms with Gasteiger partial charge in [0, 0.05) is 45.1 Å². The number of aromatic nitrogens is 3. The molecule has 0 atom stereocenters. The van der Waals surface area contributed by atoms with Crippen LogP contribution in [0, 0.1) is 13.5 Å². The van der Waals surface area contributed by atoms with Gasteiger partial charge >= 0.3 is 0 Å². The summed E-state index contributed by atoms with van der Waals surface area (Å²) in [5, 5.41) is 2.93. The van der Waals surface area contributed by atoms with Gasteiger partial charge in [-0.1, -0.05) is 25.7 Å². The first-order chi connectivity index (χ1) is 7.86. The van der Waals surface area contributed by atoms with Crippen LogP contribution in [-0.2, 0) is 32.7 Å². The van der Waals surface area contributed by atoms with Crippen molar-refractivity contribution >= 4 is 17.5 Å². The van der Waals surface area contributed by atoms with Crippen LogP contribution < -0.4 is 11.1 Å². The van der Waals surface area contributed by atoms with Crippen LogP contribution in [0.1, 0.15) is 13.8 Å². The van der Waals surface area contributed by atoms with E-state index in [1.54, 1.807) is 24.5 Å². The molecule has 18 heavy (non-hydrogen) atoms. The molecule has 95 valence electrons. The van der Waals surface area contributed by atoms with Gasteiger partial charge in [0.05, 0.1) is 5.82 Å². The van der Waals surface area contributed by atoms with E-state index in [1.807, 2.05) is 13.8 Å². The molecule has 5 nitrogen and oxygen atoms in total. The first-order valence-electron chi connectivity index (χ1n) is 5.02. The molecule has 0 aliphatic rings. The minimum atomic E-state index is 0. The zero-order valence-corrected chi connectivity index (χ0v) is 13.7. The van der Waals surface area contributed by atoms with E-state index in [0.29, 0.717) is 17.5 Å². The van der Waals surface area contributed by atoms with Gasteiger partial charge < -0.3 is 18.5 Å². The number of pyridine rings is 1. The largest absolute Gasteiger partial charge is 0.399 e. The van der Waals surface area contributed by atoms with E-state index in [0.717, 1.165) is 0 Å². The Morgan fingerprint density at radius 2 is 1.78 bits per heavy atom. The standard InChI is InChI=1S/C9H8N5.C2H6.CH3.Y/c10-8-7(3-1-4-11-8)14-9-12-5-2-6-13-9;1-2;;/h2-6H,(H2,10,11)(H,12,13,14);1-2H3;1H3;/q-1;;-1;. The van der Waals surface area contributed by atoms with E-state index in [1.165, 1.54) is 6.20 Å². The van der Waals surface area contributed by atoms with Crippen molar-refractivity contribution in [2.45, 2.75) is 13.8 Å². The number of nitrogens with one attached hydrogen (secondary N) is 1. The van der Waals surface area contributed by atoms with E-state index < -0.39 is 0 Å². The van der Waals surface area contributed by atoms with Gasteiger partial charge in [0.25, 0.3) is 0 Å². The Balaban J connectivity index is 0. The molecule has 0 bridgehead atoms. The minimum Gasteiger partial charge on any atom is -0.399 e. The molecule has 0 unspecified atom stereocenters. The maximum Gasteiger partial charge on any atom is 0.210 e. The van der Waals surface area contributed by atoms with Crippen molar-refractivity contribution in [1.82, 2.24) is 15.0 Å². The fourth-order valence-corrected chi connectivity index (χ4v) is 0.955. The molecule has 1 radical (unpaired) electrons. The monoisotopic (exact) mass is 320 g/mol. The van der Waals surface area contributed by atoms with Gasteiger partial charge in [0.1, 0.15) is 0 Å². The van der Waals surface area contributed by atoms with Crippen LogP contribution in [0.3, 0.4) is 0 Å². The second-order valence-electron chi connectivity index (χ2n) is 2.57. The van der Waals surface area contributed by atoms with Crippen molar-refractivity contribution in [3.05, 3.63) is 44.2 Å². The molecule has 0 aromatic carbocycles. The summed E-state index contributed by atoms with van der Waals surface area (Å²) < 4.78 is 0. The molecule has 0 aliphatic heterocycles. The molecule has 2 aromatic heterocycles. The van der Waals surface area contributed by atoms with Gasteiger partial charge in [0.2, 0.25) is 5.95 Å². The average molecular weight is 320 g/mol. The first kappa shape index (κ1) is 19.3. The Morgan fingerprint density at radius 3 is 2.33 bits per heavy atom. The van der Waals surface area contributed by atoms with Crippen molar-refractivity contribution in [3.63, 3.8) is 0 Å². The quantitative estimate of drug-likeness (QED) is 0.831. The van der Waals surface area contributed by atoms with Gasteiger partial charge in [-0.05, 0) is 6.07 Å². The van der Waals surface area contributed by atoms with Gasteiger partial charge in [0.15, 0.2) is 0 Å². The Bertz CT molecular complexity index is 422. The SMILES string of the molecule is CC.Nc1nc[c-]cc1Nc1ncccn1.[CH3-].[Y]. The average Bonchev–Trinajstić information content (AvgIpc) is 2.36. The normalized spacial score (nSPS) is 7.89. The fraction of sp³-hybridized carbons (Fsp3) is 0.167. The molecule has 6 heteroatoms. The van der Waals surface area contributed by atoms with Gasteiger partial charge in [-0.3, -0.25) is 4.98 Å². The predicted molar refractivity (Wildman–Crippen MR) is 70.6 cm³/mol. The molecule has 3 N–H and O–H groups in total. The van der Waals surface area contributed by atoms with Gasteiger partial charge in [-0.15, -0.1) is 0 Å². The fourth-order valence-electron chi connectivity index (χ4n) is 0.955. The number of nitrogen functional groups attached to an aromatic ring is 1. The number of nitrogens with two attached hydrogens (primary N) is 1. The molecular formula is C12H17N5Y-2. The summed E-state index contributed by atoms with van der Waals surface area (Å²) in [7, 11) is 0. The van der Waals surface area contributed by atoms with Crippen LogP contribution in [0.5, 0.6) is 0 Å². The molecule has 0 aliphatic carbocycles. The first-order valence-corrected chi connectivity index (χ1v) is 5.02. The van der Waals surface area contributed by atoms with Crippen LogP contribution in [-0.4, -0.2) is 15.0 Å². The maximum atomic E-state index is 5.62. The maximum absolute atomic E-state index is 5.62. The molecule has 2 aromatic rings. The van der Waals surface area contributed by atoms with Gasteiger partial charge in [-0.25, -0.2) is 22.1 Å². The van der Waals surface area contributed by atoms with Gasteiger partial charge in [-0.2, -0.15) is 0 Å². The van der Waals surface area contributed by atoms with E-state index in [9.17, 15) is 0 Å². The Kier molecular flexibility index (Phi) is 11.8. The molecule has 2 heterocycles. The molecule has 0 saturated carbocycles.